The normalized spacial score (nSPS) is 12.8. The molecular formula is C14H14N4. The zero-order valence-electron chi connectivity index (χ0n) is 10.1. The third-order valence-electron chi connectivity index (χ3n) is 3.00. The zero-order chi connectivity index (χ0) is 12.5. The maximum absolute atomic E-state index is 5.94. The van der Waals surface area contributed by atoms with Gasteiger partial charge in [0, 0.05) is 23.3 Å². The standard InChI is InChI=1S/C14H14N4/c1-10(15)14-8-16-9-18(14)12-4-5-13-11(7-12)3-2-6-17-13/h2-10H,15H2,1H3/t10-/m0/s1. The van der Waals surface area contributed by atoms with Gasteiger partial charge in [-0.3, -0.25) is 4.98 Å². The van der Waals surface area contributed by atoms with E-state index >= 15 is 0 Å². The largest absolute Gasteiger partial charge is 0.323 e. The van der Waals surface area contributed by atoms with Crippen molar-refractivity contribution in [2.24, 2.45) is 5.73 Å². The number of fused-ring (bicyclic) bond motifs is 1. The summed E-state index contributed by atoms with van der Waals surface area (Å²) in [5.41, 5.74) is 8.98. The van der Waals surface area contributed by atoms with Gasteiger partial charge < -0.3 is 10.3 Å². The van der Waals surface area contributed by atoms with Crippen LogP contribution in [-0.2, 0) is 0 Å². The van der Waals surface area contributed by atoms with Gasteiger partial charge in [0.15, 0.2) is 0 Å². The molecule has 2 N–H and O–H groups in total. The summed E-state index contributed by atoms with van der Waals surface area (Å²) < 4.78 is 2.01. The predicted molar refractivity (Wildman–Crippen MR) is 71.5 cm³/mol. The summed E-state index contributed by atoms with van der Waals surface area (Å²) in [6, 6.07) is 10.1. The summed E-state index contributed by atoms with van der Waals surface area (Å²) in [5.74, 6) is 0. The number of pyridine rings is 1. The molecule has 4 nitrogen and oxygen atoms in total. The van der Waals surface area contributed by atoms with Crippen LogP contribution in [0, 0.1) is 0 Å². The van der Waals surface area contributed by atoms with Crippen LogP contribution in [0.25, 0.3) is 16.6 Å². The second kappa shape index (κ2) is 4.23. The SMILES string of the molecule is C[C@H](N)c1cncn1-c1ccc2ncccc2c1. The Morgan fingerprint density at radius 1 is 1.28 bits per heavy atom. The molecule has 0 radical (unpaired) electrons. The van der Waals surface area contributed by atoms with Crippen molar-refractivity contribution in [3.8, 4) is 5.69 Å². The number of nitrogens with two attached hydrogens (primary N) is 1. The highest BCUT2D eigenvalue weighted by atomic mass is 15.1. The van der Waals surface area contributed by atoms with E-state index in [0.717, 1.165) is 22.3 Å². The first-order valence-corrected chi connectivity index (χ1v) is 5.89. The van der Waals surface area contributed by atoms with Gasteiger partial charge in [-0.1, -0.05) is 6.07 Å². The Labute approximate surface area is 105 Å². The number of aromatic nitrogens is 3. The molecule has 0 bridgehead atoms. The van der Waals surface area contributed by atoms with Gasteiger partial charge in [0.2, 0.25) is 0 Å². The summed E-state index contributed by atoms with van der Waals surface area (Å²) in [5, 5.41) is 1.11. The molecule has 4 heteroatoms. The highest BCUT2D eigenvalue weighted by Gasteiger charge is 2.08. The third-order valence-corrected chi connectivity index (χ3v) is 3.00. The number of benzene rings is 1. The lowest BCUT2D eigenvalue weighted by atomic mass is 10.2. The Hall–Kier alpha value is -2.20. The molecule has 2 aromatic heterocycles. The number of hydrogen-bond acceptors (Lipinski definition) is 3. The molecule has 90 valence electrons. The van der Waals surface area contributed by atoms with Gasteiger partial charge in [0.25, 0.3) is 0 Å². The molecule has 1 atom stereocenters. The summed E-state index contributed by atoms with van der Waals surface area (Å²) in [7, 11) is 0. The van der Waals surface area contributed by atoms with E-state index in [1.807, 2.05) is 35.8 Å². The lowest BCUT2D eigenvalue weighted by Gasteiger charge is -2.11. The highest BCUT2D eigenvalue weighted by molar-refractivity contribution is 5.80. The molecule has 0 unspecified atom stereocenters. The first-order chi connectivity index (χ1) is 8.75. The van der Waals surface area contributed by atoms with Crippen molar-refractivity contribution in [3.05, 3.63) is 54.7 Å². The molecular weight excluding hydrogens is 224 g/mol. The summed E-state index contributed by atoms with van der Waals surface area (Å²) in [6.45, 7) is 1.95. The van der Waals surface area contributed by atoms with Crippen LogP contribution in [0.1, 0.15) is 18.7 Å². The van der Waals surface area contributed by atoms with Gasteiger partial charge in [-0.25, -0.2) is 4.98 Å². The fourth-order valence-corrected chi connectivity index (χ4v) is 2.07. The van der Waals surface area contributed by atoms with Gasteiger partial charge in [0.1, 0.15) is 0 Å². The molecule has 0 aliphatic carbocycles. The first kappa shape index (κ1) is 10.9. The van der Waals surface area contributed by atoms with Crippen molar-refractivity contribution in [2.75, 3.05) is 0 Å². The van der Waals surface area contributed by atoms with Crippen LogP contribution in [0.2, 0.25) is 0 Å². The second-order valence-electron chi connectivity index (χ2n) is 4.36. The fraction of sp³-hybridized carbons (Fsp3) is 0.143. The lowest BCUT2D eigenvalue weighted by Crippen LogP contribution is -2.10. The number of rotatable bonds is 2. The predicted octanol–water partition coefficient (Wildman–Crippen LogP) is 2.44. The Bertz CT molecular complexity index is 685. The molecule has 18 heavy (non-hydrogen) atoms. The van der Waals surface area contributed by atoms with Crippen LogP contribution >= 0.6 is 0 Å². The van der Waals surface area contributed by atoms with Crippen molar-refractivity contribution in [3.63, 3.8) is 0 Å². The number of imidazole rings is 1. The minimum Gasteiger partial charge on any atom is -0.323 e. The molecule has 0 amide bonds. The van der Waals surface area contributed by atoms with E-state index in [0.29, 0.717) is 0 Å². The number of hydrogen-bond donors (Lipinski definition) is 1. The van der Waals surface area contributed by atoms with Crippen molar-refractivity contribution >= 4 is 10.9 Å². The molecule has 0 aliphatic rings. The van der Waals surface area contributed by atoms with Crippen molar-refractivity contribution in [2.45, 2.75) is 13.0 Å². The van der Waals surface area contributed by atoms with Gasteiger partial charge in [-0.05, 0) is 31.2 Å². The van der Waals surface area contributed by atoms with Crippen LogP contribution in [0.5, 0.6) is 0 Å². The smallest absolute Gasteiger partial charge is 0.0994 e. The van der Waals surface area contributed by atoms with E-state index in [2.05, 4.69) is 16.0 Å². The number of nitrogens with zero attached hydrogens (tertiary/aromatic N) is 3. The van der Waals surface area contributed by atoms with Gasteiger partial charge in [-0.15, -0.1) is 0 Å². The van der Waals surface area contributed by atoms with Gasteiger partial charge in [-0.2, -0.15) is 0 Å². The lowest BCUT2D eigenvalue weighted by molar-refractivity contribution is 0.753. The van der Waals surface area contributed by atoms with Crippen LogP contribution in [-0.4, -0.2) is 14.5 Å². The van der Waals surface area contributed by atoms with Crippen LogP contribution in [0.4, 0.5) is 0 Å². The van der Waals surface area contributed by atoms with Crippen LogP contribution in [0.15, 0.2) is 49.1 Å². The van der Waals surface area contributed by atoms with Gasteiger partial charge in [0.05, 0.1) is 23.7 Å². The van der Waals surface area contributed by atoms with Gasteiger partial charge >= 0.3 is 0 Å². The van der Waals surface area contributed by atoms with E-state index in [1.165, 1.54) is 0 Å². The third kappa shape index (κ3) is 1.76. The Kier molecular flexibility index (Phi) is 2.57. The fourth-order valence-electron chi connectivity index (χ4n) is 2.07. The van der Waals surface area contributed by atoms with E-state index in [4.69, 9.17) is 5.73 Å². The molecule has 0 aliphatic heterocycles. The van der Waals surface area contributed by atoms with Crippen LogP contribution in [0.3, 0.4) is 0 Å². The molecule has 1 aromatic carbocycles. The average molecular weight is 238 g/mol. The summed E-state index contributed by atoms with van der Waals surface area (Å²) in [6.07, 6.45) is 5.39. The van der Waals surface area contributed by atoms with Crippen molar-refractivity contribution in [1.82, 2.24) is 14.5 Å². The molecule has 3 rings (SSSR count). The van der Waals surface area contributed by atoms with E-state index < -0.39 is 0 Å². The minimum absolute atomic E-state index is 0.0444. The Morgan fingerprint density at radius 2 is 2.17 bits per heavy atom. The quantitative estimate of drug-likeness (QED) is 0.746. The van der Waals surface area contributed by atoms with E-state index in [-0.39, 0.29) is 6.04 Å². The second-order valence-corrected chi connectivity index (χ2v) is 4.36. The molecule has 0 saturated heterocycles. The topological polar surface area (TPSA) is 56.7 Å². The Balaban J connectivity index is 2.16. The summed E-state index contributed by atoms with van der Waals surface area (Å²) in [4.78, 5) is 8.48. The zero-order valence-corrected chi connectivity index (χ0v) is 10.1. The monoisotopic (exact) mass is 238 g/mol. The Morgan fingerprint density at radius 3 is 3.00 bits per heavy atom. The molecule has 0 saturated carbocycles. The summed E-state index contributed by atoms with van der Waals surface area (Å²) >= 11 is 0. The first-order valence-electron chi connectivity index (χ1n) is 5.89. The van der Waals surface area contributed by atoms with E-state index in [1.54, 1.807) is 18.7 Å². The molecule has 0 fully saturated rings. The van der Waals surface area contributed by atoms with Crippen LogP contribution < -0.4 is 5.73 Å². The molecule has 2 heterocycles. The minimum atomic E-state index is -0.0444. The van der Waals surface area contributed by atoms with Crippen molar-refractivity contribution in [1.29, 1.82) is 0 Å². The van der Waals surface area contributed by atoms with Crippen molar-refractivity contribution < 1.29 is 0 Å². The molecule has 0 spiro atoms. The maximum atomic E-state index is 5.94. The highest BCUT2D eigenvalue weighted by Crippen LogP contribution is 2.20. The maximum Gasteiger partial charge on any atom is 0.0994 e. The molecule has 3 aromatic rings. The van der Waals surface area contributed by atoms with E-state index in [9.17, 15) is 0 Å². The average Bonchev–Trinajstić information content (AvgIpc) is 2.87.